The molecular formula is C15H11NO3S. The fourth-order valence-electron chi connectivity index (χ4n) is 2.07. The minimum Gasteiger partial charge on any atom is -0.497 e. The number of hydrogen-bond acceptors (Lipinski definition) is 4. The summed E-state index contributed by atoms with van der Waals surface area (Å²) in [6, 6.07) is 8.78. The van der Waals surface area contributed by atoms with Gasteiger partial charge in [-0.2, -0.15) is 11.3 Å². The van der Waals surface area contributed by atoms with Crippen molar-refractivity contribution in [3.63, 3.8) is 0 Å². The lowest BCUT2D eigenvalue weighted by Crippen LogP contribution is -2.00. The fourth-order valence-corrected chi connectivity index (χ4v) is 2.72. The molecule has 0 fully saturated rings. The topological polar surface area (TPSA) is 59.4 Å². The summed E-state index contributed by atoms with van der Waals surface area (Å²) in [6.45, 7) is 0. The minimum absolute atomic E-state index is 0.232. The molecule has 0 atom stereocenters. The highest BCUT2D eigenvalue weighted by atomic mass is 32.1. The number of ether oxygens (including phenoxy) is 1. The molecule has 0 radical (unpaired) electrons. The average Bonchev–Trinajstić information content (AvgIpc) is 2.99. The van der Waals surface area contributed by atoms with Crippen LogP contribution in [0.5, 0.6) is 5.75 Å². The third-order valence-corrected chi connectivity index (χ3v) is 3.75. The summed E-state index contributed by atoms with van der Waals surface area (Å²) in [6.07, 6.45) is 0. The van der Waals surface area contributed by atoms with Crippen molar-refractivity contribution >= 4 is 28.2 Å². The second kappa shape index (κ2) is 4.94. The van der Waals surface area contributed by atoms with Crippen molar-refractivity contribution in [2.24, 2.45) is 0 Å². The highest BCUT2D eigenvalue weighted by Crippen LogP contribution is 2.28. The molecule has 0 saturated heterocycles. The first-order chi connectivity index (χ1) is 9.69. The van der Waals surface area contributed by atoms with Gasteiger partial charge in [-0.15, -0.1) is 0 Å². The Morgan fingerprint density at radius 3 is 2.80 bits per heavy atom. The predicted molar refractivity (Wildman–Crippen MR) is 78.6 cm³/mol. The van der Waals surface area contributed by atoms with Crippen molar-refractivity contribution in [3.05, 3.63) is 46.7 Å². The van der Waals surface area contributed by atoms with Crippen molar-refractivity contribution in [2.45, 2.75) is 0 Å². The first-order valence-corrected chi connectivity index (χ1v) is 6.88. The first kappa shape index (κ1) is 12.6. The van der Waals surface area contributed by atoms with Gasteiger partial charge in [0, 0.05) is 16.3 Å². The van der Waals surface area contributed by atoms with Crippen LogP contribution in [0.2, 0.25) is 0 Å². The van der Waals surface area contributed by atoms with E-state index in [4.69, 9.17) is 4.74 Å². The number of benzene rings is 1. The highest BCUT2D eigenvalue weighted by Gasteiger charge is 2.13. The van der Waals surface area contributed by atoms with Crippen LogP contribution in [0.3, 0.4) is 0 Å². The molecule has 1 aromatic carbocycles. The molecule has 20 heavy (non-hydrogen) atoms. The van der Waals surface area contributed by atoms with Gasteiger partial charge in [-0.25, -0.2) is 9.78 Å². The molecule has 0 aliphatic carbocycles. The molecule has 3 aromatic rings. The molecule has 0 aliphatic heterocycles. The van der Waals surface area contributed by atoms with Gasteiger partial charge in [-0.05, 0) is 35.7 Å². The lowest BCUT2D eigenvalue weighted by molar-refractivity contribution is 0.0699. The van der Waals surface area contributed by atoms with Gasteiger partial charge in [0.05, 0.1) is 23.9 Å². The third-order valence-electron chi connectivity index (χ3n) is 3.06. The summed E-state index contributed by atoms with van der Waals surface area (Å²) in [7, 11) is 1.55. The number of carboxylic acid groups (broad SMARTS) is 1. The van der Waals surface area contributed by atoms with Gasteiger partial charge in [0.15, 0.2) is 0 Å². The summed E-state index contributed by atoms with van der Waals surface area (Å²) >= 11 is 1.55. The normalized spacial score (nSPS) is 10.7. The zero-order valence-electron chi connectivity index (χ0n) is 10.7. The third kappa shape index (κ3) is 2.12. The number of rotatable bonds is 3. The van der Waals surface area contributed by atoms with E-state index in [1.807, 2.05) is 16.8 Å². The fraction of sp³-hybridized carbons (Fsp3) is 0.0667. The van der Waals surface area contributed by atoms with Gasteiger partial charge in [0.25, 0.3) is 0 Å². The molecule has 4 nitrogen and oxygen atoms in total. The van der Waals surface area contributed by atoms with E-state index in [0.717, 1.165) is 5.56 Å². The van der Waals surface area contributed by atoms with E-state index < -0.39 is 5.97 Å². The number of carboxylic acids is 1. The predicted octanol–water partition coefficient (Wildman–Crippen LogP) is 3.67. The number of aromatic carboxylic acids is 1. The lowest BCUT2D eigenvalue weighted by atomic mass is 10.1. The Balaban J connectivity index is 2.30. The van der Waals surface area contributed by atoms with E-state index in [1.54, 1.807) is 42.7 Å². The van der Waals surface area contributed by atoms with Crippen molar-refractivity contribution in [3.8, 4) is 17.0 Å². The Kier molecular flexibility index (Phi) is 3.12. The number of fused-ring (bicyclic) bond motifs is 1. The zero-order valence-corrected chi connectivity index (χ0v) is 11.5. The smallest absolute Gasteiger partial charge is 0.336 e. The maximum atomic E-state index is 11.5. The molecule has 1 N–H and O–H groups in total. The van der Waals surface area contributed by atoms with E-state index in [1.165, 1.54) is 0 Å². The Morgan fingerprint density at radius 2 is 2.15 bits per heavy atom. The number of thiophene rings is 1. The molecule has 0 amide bonds. The van der Waals surface area contributed by atoms with Crippen LogP contribution in [0.1, 0.15) is 10.4 Å². The SMILES string of the molecule is COc1ccc2nc(-c3ccsc3)cc(C(=O)O)c2c1. The Labute approximate surface area is 119 Å². The maximum Gasteiger partial charge on any atom is 0.336 e. The van der Waals surface area contributed by atoms with Gasteiger partial charge in [0.2, 0.25) is 0 Å². The molecule has 5 heteroatoms. The molecule has 100 valence electrons. The minimum atomic E-state index is -0.970. The highest BCUT2D eigenvalue weighted by molar-refractivity contribution is 7.08. The van der Waals surface area contributed by atoms with Crippen LogP contribution < -0.4 is 4.74 Å². The summed E-state index contributed by atoms with van der Waals surface area (Å²) < 4.78 is 5.14. The second-order valence-corrected chi connectivity index (χ2v) is 5.04. The second-order valence-electron chi connectivity index (χ2n) is 4.26. The van der Waals surface area contributed by atoms with Gasteiger partial charge in [0.1, 0.15) is 5.75 Å². The zero-order chi connectivity index (χ0) is 14.1. The number of carbonyl (C=O) groups is 1. The molecule has 0 unspecified atom stereocenters. The number of hydrogen-bond donors (Lipinski definition) is 1. The van der Waals surface area contributed by atoms with E-state index in [2.05, 4.69) is 4.98 Å². The van der Waals surface area contributed by atoms with Crippen LogP contribution in [-0.2, 0) is 0 Å². The van der Waals surface area contributed by atoms with Gasteiger partial charge in [-0.3, -0.25) is 0 Å². The molecular weight excluding hydrogens is 274 g/mol. The van der Waals surface area contributed by atoms with Crippen LogP contribution in [0, 0.1) is 0 Å². The van der Waals surface area contributed by atoms with Gasteiger partial charge >= 0.3 is 5.97 Å². The largest absolute Gasteiger partial charge is 0.497 e. The molecule has 2 heterocycles. The summed E-state index contributed by atoms with van der Waals surface area (Å²) in [5.41, 5.74) is 2.47. The summed E-state index contributed by atoms with van der Waals surface area (Å²) in [4.78, 5) is 16.0. The van der Waals surface area contributed by atoms with Crippen molar-refractivity contribution in [1.29, 1.82) is 0 Å². The van der Waals surface area contributed by atoms with Crippen LogP contribution in [0.25, 0.3) is 22.2 Å². The van der Waals surface area contributed by atoms with E-state index in [9.17, 15) is 9.90 Å². The van der Waals surface area contributed by atoms with Crippen LogP contribution in [-0.4, -0.2) is 23.2 Å². The number of pyridine rings is 1. The quantitative estimate of drug-likeness (QED) is 0.797. The molecule has 2 aromatic heterocycles. The maximum absolute atomic E-state index is 11.5. The number of aromatic nitrogens is 1. The number of methoxy groups -OCH3 is 1. The Bertz CT molecular complexity index is 781. The lowest BCUT2D eigenvalue weighted by Gasteiger charge is -2.07. The average molecular weight is 285 g/mol. The van der Waals surface area contributed by atoms with Gasteiger partial charge in [-0.1, -0.05) is 0 Å². The van der Waals surface area contributed by atoms with E-state index in [-0.39, 0.29) is 5.56 Å². The van der Waals surface area contributed by atoms with Crippen molar-refractivity contribution in [2.75, 3.05) is 7.11 Å². The Hall–Kier alpha value is -2.40. The van der Waals surface area contributed by atoms with E-state index >= 15 is 0 Å². The van der Waals surface area contributed by atoms with Crippen LogP contribution >= 0.6 is 11.3 Å². The van der Waals surface area contributed by atoms with Crippen LogP contribution in [0.15, 0.2) is 41.1 Å². The molecule has 0 saturated carbocycles. The van der Waals surface area contributed by atoms with Crippen LogP contribution in [0.4, 0.5) is 0 Å². The molecule has 3 rings (SSSR count). The summed E-state index contributed by atoms with van der Waals surface area (Å²) in [5.74, 6) is -0.354. The Morgan fingerprint density at radius 1 is 1.30 bits per heavy atom. The molecule has 0 bridgehead atoms. The number of nitrogens with zero attached hydrogens (tertiary/aromatic N) is 1. The van der Waals surface area contributed by atoms with E-state index in [0.29, 0.717) is 22.3 Å². The van der Waals surface area contributed by atoms with Gasteiger partial charge < -0.3 is 9.84 Å². The monoisotopic (exact) mass is 285 g/mol. The molecule has 0 spiro atoms. The standard InChI is InChI=1S/C15H11NO3S/c1-19-10-2-3-13-11(6-10)12(15(17)18)7-14(16-13)9-4-5-20-8-9/h2-8H,1H3,(H,17,18). The molecule has 0 aliphatic rings. The van der Waals surface area contributed by atoms with Crippen molar-refractivity contribution in [1.82, 2.24) is 4.98 Å². The van der Waals surface area contributed by atoms with Crippen molar-refractivity contribution < 1.29 is 14.6 Å². The first-order valence-electron chi connectivity index (χ1n) is 5.93. The summed E-state index contributed by atoms with van der Waals surface area (Å²) in [5, 5.41) is 13.9.